The van der Waals surface area contributed by atoms with Crippen molar-refractivity contribution in [2.24, 2.45) is 5.10 Å². The number of carbonyl (C=O) groups excluding carboxylic acids is 1. The quantitative estimate of drug-likeness (QED) is 0.281. The number of nitrogens with two attached hydrogens (primary N) is 1. The van der Waals surface area contributed by atoms with Gasteiger partial charge in [-0.25, -0.2) is 10.1 Å². The van der Waals surface area contributed by atoms with E-state index in [2.05, 4.69) is 40.7 Å². The zero-order chi connectivity index (χ0) is 21.8. The summed E-state index contributed by atoms with van der Waals surface area (Å²) in [5.41, 5.74) is 9.88. The van der Waals surface area contributed by atoms with Gasteiger partial charge in [-0.2, -0.15) is 9.78 Å². The summed E-state index contributed by atoms with van der Waals surface area (Å²) in [5, 5.41) is 29.5. The fraction of sp³-hybridized carbons (Fsp3) is 0.368. The number of aromatic nitrogens is 5. The van der Waals surface area contributed by atoms with Crippen LogP contribution < -0.4 is 23.6 Å². The van der Waals surface area contributed by atoms with E-state index in [9.17, 15) is 9.90 Å². The van der Waals surface area contributed by atoms with Gasteiger partial charge in [0, 0.05) is 12.1 Å². The van der Waals surface area contributed by atoms with E-state index in [1.54, 1.807) is 31.2 Å². The second-order valence-corrected chi connectivity index (χ2v) is 7.26. The third kappa shape index (κ3) is 4.86. The first kappa shape index (κ1) is 23.2. The van der Waals surface area contributed by atoms with Gasteiger partial charge >= 0.3 is 0 Å². The van der Waals surface area contributed by atoms with Crippen LogP contribution in [0.5, 0.6) is 5.75 Å². The standard InChI is InChI=1S/C19H23N9O3.ClH/c1-12(13-7-3-4-8-15(13)29)21-23-19(30)16-14(11-27-9-5-2-6-10-27)28(26-22-16)18-17(20)24-31-25-18;/h3-4,7-8,29H,2,5-6,9-11H2,1H3,(H2,20,24)(H,23,30);1H/p-1. The Kier molecular flexibility index (Phi) is 7.38. The topological polar surface area (TPSA) is 161 Å². The molecule has 1 aromatic carbocycles. The fourth-order valence-electron chi connectivity index (χ4n) is 3.48. The number of piperidine rings is 1. The summed E-state index contributed by atoms with van der Waals surface area (Å²) in [6.07, 6.45) is 3.35. The Balaban J connectivity index is 0.00000289. The highest BCUT2D eigenvalue weighted by molar-refractivity contribution is 6.02. The average Bonchev–Trinajstić information content (AvgIpc) is 3.38. The van der Waals surface area contributed by atoms with E-state index in [1.807, 2.05) is 0 Å². The minimum atomic E-state index is -0.539. The number of phenolic OH excluding ortho intramolecular Hbond substituents is 1. The number of hydrazone groups is 1. The van der Waals surface area contributed by atoms with Crippen molar-refractivity contribution in [3.63, 3.8) is 0 Å². The molecule has 4 N–H and O–H groups in total. The van der Waals surface area contributed by atoms with Crippen LogP contribution in [0.3, 0.4) is 0 Å². The first-order valence-corrected chi connectivity index (χ1v) is 9.93. The maximum absolute atomic E-state index is 12.9. The smallest absolute Gasteiger partial charge is 0.293 e. The number of amides is 1. The summed E-state index contributed by atoms with van der Waals surface area (Å²) in [4.78, 5) is 15.1. The van der Waals surface area contributed by atoms with Gasteiger partial charge in [-0.15, -0.1) is 5.10 Å². The Labute approximate surface area is 189 Å². The average molecular weight is 461 g/mol. The highest BCUT2D eigenvalue weighted by Gasteiger charge is 2.26. The van der Waals surface area contributed by atoms with Gasteiger partial charge in [0.2, 0.25) is 11.6 Å². The summed E-state index contributed by atoms with van der Waals surface area (Å²) in [5.74, 6) is -0.246. The lowest BCUT2D eigenvalue weighted by atomic mass is 10.1. The number of nitrogen functional groups attached to an aromatic ring is 1. The lowest BCUT2D eigenvalue weighted by Gasteiger charge is -2.26. The van der Waals surface area contributed by atoms with Gasteiger partial charge in [-0.1, -0.05) is 23.8 Å². The molecule has 1 saturated heterocycles. The zero-order valence-electron chi connectivity index (χ0n) is 17.4. The molecule has 0 saturated carbocycles. The number of aromatic hydroxyl groups is 1. The molecule has 170 valence electrons. The van der Waals surface area contributed by atoms with Crippen LogP contribution in [0.25, 0.3) is 5.82 Å². The predicted octanol–water partition coefficient (Wildman–Crippen LogP) is -1.92. The number of para-hydroxylation sites is 1. The largest absolute Gasteiger partial charge is 1.00 e. The van der Waals surface area contributed by atoms with Crippen molar-refractivity contribution < 1.29 is 26.9 Å². The van der Waals surface area contributed by atoms with Crippen molar-refractivity contribution in [3.05, 3.63) is 41.2 Å². The van der Waals surface area contributed by atoms with Crippen LogP contribution in [0.15, 0.2) is 34.0 Å². The molecule has 1 aliphatic rings. The van der Waals surface area contributed by atoms with E-state index in [4.69, 9.17) is 5.73 Å². The number of benzene rings is 1. The van der Waals surface area contributed by atoms with E-state index in [1.165, 1.54) is 11.1 Å². The SMILES string of the molecule is CC(=NNC(=O)c1nnn(-c2nonc2N)c1CN1CCCCC1)c1ccccc1O.[Cl-]. The van der Waals surface area contributed by atoms with Crippen molar-refractivity contribution in [1.29, 1.82) is 0 Å². The minimum absolute atomic E-state index is 0. The number of rotatable bonds is 6. The van der Waals surface area contributed by atoms with Gasteiger partial charge in [0.1, 0.15) is 5.75 Å². The summed E-state index contributed by atoms with van der Waals surface area (Å²) in [7, 11) is 0. The summed E-state index contributed by atoms with van der Waals surface area (Å²) in [6.45, 7) is 3.93. The number of anilines is 1. The van der Waals surface area contributed by atoms with Gasteiger partial charge in [0.05, 0.1) is 11.4 Å². The molecule has 4 rings (SSSR count). The maximum atomic E-state index is 12.9. The molecule has 0 radical (unpaired) electrons. The van der Waals surface area contributed by atoms with Gasteiger partial charge in [0.15, 0.2) is 5.69 Å². The predicted molar refractivity (Wildman–Crippen MR) is 111 cm³/mol. The molecule has 0 unspecified atom stereocenters. The molecule has 1 amide bonds. The summed E-state index contributed by atoms with van der Waals surface area (Å²) < 4.78 is 6.05. The molecule has 32 heavy (non-hydrogen) atoms. The molecule has 12 nitrogen and oxygen atoms in total. The lowest BCUT2D eigenvalue weighted by Crippen LogP contribution is -3.00. The monoisotopic (exact) mass is 460 g/mol. The van der Waals surface area contributed by atoms with Gasteiger partial charge in [0.25, 0.3) is 5.91 Å². The van der Waals surface area contributed by atoms with Crippen LogP contribution >= 0.6 is 0 Å². The number of hydrogen-bond donors (Lipinski definition) is 3. The van der Waals surface area contributed by atoms with E-state index in [0.29, 0.717) is 23.5 Å². The number of halogens is 1. The third-order valence-corrected chi connectivity index (χ3v) is 5.12. The van der Waals surface area contributed by atoms with Crippen molar-refractivity contribution in [2.75, 3.05) is 18.8 Å². The van der Waals surface area contributed by atoms with Crippen LogP contribution in [0.4, 0.5) is 5.82 Å². The number of phenols is 1. The maximum Gasteiger partial charge on any atom is 0.293 e. The molecule has 0 atom stereocenters. The first-order chi connectivity index (χ1) is 15.0. The zero-order valence-corrected chi connectivity index (χ0v) is 18.2. The molecule has 1 aliphatic heterocycles. The molecule has 13 heteroatoms. The van der Waals surface area contributed by atoms with Crippen molar-refractivity contribution in [2.45, 2.75) is 32.7 Å². The molecule has 0 spiro atoms. The van der Waals surface area contributed by atoms with E-state index >= 15 is 0 Å². The van der Waals surface area contributed by atoms with E-state index in [-0.39, 0.29) is 35.5 Å². The van der Waals surface area contributed by atoms with Crippen molar-refractivity contribution in [3.8, 4) is 11.6 Å². The van der Waals surface area contributed by atoms with Crippen LogP contribution in [0, 0.1) is 0 Å². The second kappa shape index (κ2) is 10.2. The molecule has 3 heterocycles. The van der Waals surface area contributed by atoms with Crippen LogP contribution in [-0.2, 0) is 6.54 Å². The Bertz CT molecular complexity index is 1110. The fourth-order valence-corrected chi connectivity index (χ4v) is 3.48. The number of carbonyl (C=O) groups is 1. The second-order valence-electron chi connectivity index (χ2n) is 7.26. The van der Waals surface area contributed by atoms with Crippen LogP contribution in [-0.4, -0.2) is 60.0 Å². The highest BCUT2D eigenvalue weighted by atomic mass is 35.5. The molecule has 1 fully saturated rings. The van der Waals surface area contributed by atoms with Gasteiger partial charge < -0.3 is 23.2 Å². The molecule has 0 bridgehead atoms. The number of likely N-dealkylation sites (tertiary alicyclic amines) is 1. The highest BCUT2D eigenvalue weighted by Crippen LogP contribution is 2.20. The number of hydrogen-bond acceptors (Lipinski definition) is 10. The first-order valence-electron chi connectivity index (χ1n) is 9.93. The molecule has 2 aromatic heterocycles. The van der Waals surface area contributed by atoms with E-state index in [0.717, 1.165) is 25.9 Å². The number of nitrogens with one attached hydrogen (secondary N) is 1. The van der Waals surface area contributed by atoms with Crippen LogP contribution in [0.1, 0.15) is 47.9 Å². The van der Waals surface area contributed by atoms with Crippen molar-refractivity contribution >= 4 is 17.4 Å². The normalized spacial score (nSPS) is 14.7. The summed E-state index contributed by atoms with van der Waals surface area (Å²) >= 11 is 0. The Hall–Kier alpha value is -3.51. The minimum Gasteiger partial charge on any atom is -1.00 e. The molecule has 3 aromatic rings. The van der Waals surface area contributed by atoms with E-state index < -0.39 is 5.91 Å². The molecule has 0 aliphatic carbocycles. The molecular formula is C19H23ClN9O3-. The third-order valence-electron chi connectivity index (χ3n) is 5.12. The lowest BCUT2D eigenvalue weighted by molar-refractivity contribution is -0.0000161. The Morgan fingerprint density at radius 3 is 2.69 bits per heavy atom. The Morgan fingerprint density at radius 2 is 2.00 bits per heavy atom. The summed E-state index contributed by atoms with van der Waals surface area (Å²) in [6, 6.07) is 6.74. The van der Waals surface area contributed by atoms with Gasteiger partial charge in [-0.3, -0.25) is 9.69 Å². The number of nitrogens with zero attached hydrogens (tertiary/aromatic N) is 7. The molecular weight excluding hydrogens is 438 g/mol. The van der Waals surface area contributed by atoms with Gasteiger partial charge in [-0.05, 0) is 55.3 Å². The Morgan fingerprint density at radius 1 is 1.25 bits per heavy atom. The van der Waals surface area contributed by atoms with Crippen molar-refractivity contribution in [1.82, 2.24) is 35.6 Å². The van der Waals surface area contributed by atoms with Crippen LogP contribution in [0.2, 0.25) is 0 Å².